The quantitative estimate of drug-likeness (QED) is 0.478. The number of nitrogens with one attached hydrogen (secondary N) is 1. The highest BCUT2D eigenvalue weighted by atomic mass is 16.5. The van der Waals surface area contributed by atoms with Gasteiger partial charge in [0.15, 0.2) is 11.5 Å². The summed E-state index contributed by atoms with van der Waals surface area (Å²) in [5.74, 6) is 2.28. The van der Waals surface area contributed by atoms with Crippen LogP contribution in [-0.4, -0.2) is 81.0 Å². The van der Waals surface area contributed by atoms with Crippen molar-refractivity contribution in [1.82, 2.24) is 15.1 Å². The second-order valence-corrected chi connectivity index (χ2v) is 9.89. The SMILES string of the molecule is COc1cc(CNCCC2CCN(C)CC2)ccc1OC[C@H](O)CN(C)C1CCCCC1. The summed E-state index contributed by atoms with van der Waals surface area (Å²) in [6, 6.07) is 6.68. The Bertz CT molecular complexity index is 658. The van der Waals surface area contributed by atoms with Crippen LogP contribution in [0.2, 0.25) is 0 Å². The monoisotopic (exact) mass is 447 g/mol. The standard InChI is InChI=1S/C26H45N3O3/c1-28-15-12-21(13-16-28)11-14-27-18-22-9-10-25(26(17-22)31-3)32-20-24(30)19-29(2)23-7-5-4-6-8-23/h9-10,17,21,23-24,27,30H,4-8,11-16,18-20H2,1-3H3/t24-/m1/s1. The molecular formula is C26H45N3O3. The third-order valence-electron chi connectivity index (χ3n) is 7.25. The molecule has 1 atom stereocenters. The lowest BCUT2D eigenvalue weighted by Crippen LogP contribution is -2.40. The summed E-state index contributed by atoms with van der Waals surface area (Å²) in [4.78, 5) is 4.72. The number of benzene rings is 1. The number of hydrogen-bond acceptors (Lipinski definition) is 6. The van der Waals surface area contributed by atoms with E-state index in [1.54, 1.807) is 7.11 Å². The number of likely N-dealkylation sites (N-methyl/N-ethyl adjacent to an activating group) is 1. The highest BCUT2D eigenvalue weighted by Gasteiger charge is 2.21. The molecule has 0 amide bonds. The van der Waals surface area contributed by atoms with E-state index in [0.717, 1.165) is 24.8 Å². The third kappa shape index (κ3) is 8.22. The molecule has 32 heavy (non-hydrogen) atoms. The van der Waals surface area contributed by atoms with E-state index < -0.39 is 6.10 Å². The molecule has 6 nitrogen and oxygen atoms in total. The largest absolute Gasteiger partial charge is 0.493 e. The summed E-state index contributed by atoms with van der Waals surface area (Å²) >= 11 is 0. The van der Waals surface area contributed by atoms with Crippen LogP contribution >= 0.6 is 0 Å². The van der Waals surface area contributed by atoms with Crippen molar-refractivity contribution in [1.29, 1.82) is 0 Å². The van der Waals surface area contributed by atoms with Crippen LogP contribution < -0.4 is 14.8 Å². The minimum absolute atomic E-state index is 0.279. The molecule has 1 aromatic carbocycles. The van der Waals surface area contributed by atoms with E-state index in [1.165, 1.54) is 70.0 Å². The van der Waals surface area contributed by atoms with Crippen LogP contribution in [0.15, 0.2) is 18.2 Å². The minimum atomic E-state index is -0.507. The maximum absolute atomic E-state index is 10.5. The van der Waals surface area contributed by atoms with Crippen LogP contribution in [0, 0.1) is 5.92 Å². The number of methoxy groups -OCH3 is 1. The zero-order valence-corrected chi connectivity index (χ0v) is 20.5. The molecule has 1 heterocycles. The van der Waals surface area contributed by atoms with Gasteiger partial charge in [0, 0.05) is 19.1 Å². The lowest BCUT2D eigenvalue weighted by atomic mass is 9.94. The van der Waals surface area contributed by atoms with Crippen LogP contribution in [0.1, 0.15) is 56.9 Å². The van der Waals surface area contributed by atoms with Gasteiger partial charge in [0.25, 0.3) is 0 Å². The fraction of sp³-hybridized carbons (Fsp3) is 0.769. The number of ether oxygens (including phenoxy) is 2. The molecule has 2 aliphatic rings. The number of likely N-dealkylation sites (tertiary alicyclic amines) is 1. The van der Waals surface area contributed by atoms with E-state index in [0.29, 0.717) is 18.3 Å². The first kappa shape index (κ1) is 25.3. The number of aliphatic hydroxyl groups excluding tert-OH is 1. The fourth-order valence-corrected chi connectivity index (χ4v) is 5.07. The highest BCUT2D eigenvalue weighted by molar-refractivity contribution is 5.43. The first-order chi connectivity index (χ1) is 15.5. The average molecular weight is 448 g/mol. The summed E-state index contributed by atoms with van der Waals surface area (Å²) in [7, 11) is 6.01. The molecule has 2 N–H and O–H groups in total. The van der Waals surface area contributed by atoms with Crippen molar-refractivity contribution in [2.24, 2.45) is 5.92 Å². The topological polar surface area (TPSA) is 57.2 Å². The van der Waals surface area contributed by atoms with E-state index in [2.05, 4.69) is 35.3 Å². The maximum atomic E-state index is 10.5. The van der Waals surface area contributed by atoms with Gasteiger partial charge in [-0.05, 0) is 89.4 Å². The van der Waals surface area contributed by atoms with Crippen LogP contribution in [0.4, 0.5) is 0 Å². The van der Waals surface area contributed by atoms with E-state index in [1.807, 2.05) is 12.1 Å². The van der Waals surface area contributed by atoms with Gasteiger partial charge < -0.3 is 29.7 Å². The van der Waals surface area contributed by atoms with Crippen molar-refractivity contribution in [2.45, 2.75) is 70.1 Å². The molecule has 0 spiro atoms. The molecule has 0 unspecified atom stereocenters. The first-order valence-electron chi connectivity index (χ1n) is 12.6. The Morgan fingerprint density at radius 1 is 1.12 bits per heavy atom. The van der Waals surface area contributed by atoms with Crippen molar-refractivity contribution in [3.63, 3.8) is 0 Å². The molecule has 0 bridgehead atoms. The summed E-state index contributed by atoms with van der Waals surface area (Å²) in [6.45, 7) is 5.27. The second-order valence-electron chi connectivity index (χ2n) is 9.89. The number of hydrogen-bond donors (Lipinski definition) is 2. The van der Waals surface area contributed by atoms with Gasteiger partial charge in [-0.2, -0.15) is 0 Å². The number of nitrogens with zero attached hydrogens (tertiary/aromatic N) is 2. The van der Waals surface area contributed by atoms with Crippen LogP contribution in [-0.2, 0) is 6.54 Å². The average Bonchev–Trinajstić information content (AvgIpc) is 2.82. The van der Waals surface area contributed by atoms with E-state index in [9.17, 15) is 5.11 Å². The summed E-state index contributed by atoms with van der Waals surface area (Å²) in [5.41, 5.74) is 1.19. The zero-order valence-electron chi connectivity index (χ0n) is 20.5. The van der Waals surface area contributed by atoms with E-state index >= 15 is 0 Å². The Morgan fingerprint density at radius 2 is 1.88 bits per heavy atom. The van der Waals surface area contributed by atoms with Crippen molar-refractivity contribution >= 4 is 0 Å². The number of aliphatic hydroxyl groups is 1. The third-order valence-corrected chi connectivity index (χ3v) is 7.25. The van der Waals surface area contributed by atoms with Crippen LogP contribution in [0.3, 0.4) is 0 Å². The molecule has 1 saturated carbocycles. The molecule has 1 aromatic rings. The van der Waals surface area contributed by atoms with Crippen molar-refractivity contribution in [3.8, 4) is 11.5 Å². The molecule has 0 aromatic heterocycles. The van der Waals surface area contributed by atoms with Crippen molar-refractivity contribution in [2.75, 3.05) is 54.0 Å². The summed E-state index contributed by atoms with van der Waals surface area (Å²) < 4.78 is 11.5. The van der Waals surface area contributed by atoms with Crippen molar-refractivity contribution < 1.29 is 14.6 Å². The van der Waals surface area contributed by atoms with Gasteiger partial charge in [-0.3, -0.25) is 0 Å². The molecule has 3 rings (SSSR count). The Morgan fingerprint density at radius 3 is 2.59 bits per heavy atom. The Balaban J connectivity index is 1.38. The minimum Gasteiger partial charge on any atom is -0.493 e. The van der Waals surface area contributed by atoms with Gasteiger partial charge in [-0.1, -0.05) is 25.3 Å². The molecule has 0 radical (unpaired) electrons. The second kappa shape index (κ2) is 13.4. The normalized spacial score (nSPS) is 19.9. The Kier molecular flexibility index (Phi) is 10.6. The maximum Gasteiger partial charge on any atom is 0.161 e. The van der Waals surface area contributed by atoms with Gasteiger partial charge in [0.1, 0.15) is 12.7 Å². The highest BCUT2D eigenvalue weighted by Crippen LogP contribution is 2.28. The molecular weight excluding hydrogens is 402 g/mol. The first-order valence-corrected chi connectivity index (χ1v) is 12.6. The molecule has 1 aliphatic heterocycles. The summed E-state index contributed by atoms with van der Waals surface area (Å²) in [6.07, 6.45) is 9.82. The van der Waals surface area contributed by atoms with Gasteiger partial charge in [-0.25, -0.2) is 0 Å². The molecule has 2 fully saturated rings. The van der Waals surface area contributed by atoms with E-state index in [4.69, 9.17) is 9.47 Å². The predicted octanol–water partition coefficient (Wildman–Crippen LogP) is 3.52. The predicted molar refractivity (Wildman–Crippen MR) is 131 cm³/mol. The van der Waals surface area contributed by atoms with E-state index in [-0.39, 0.29) is 6.61 Å². The van der Waals surface area contributed by atoms with Gasteiger partial charge in [0.2, 0.25) is 0 Å². The van der Waals surface area contributed by atoms with Gasteiger partial charge in [0.05, 0.1) is 7.11 Å². The molecule has 6 heteroatoms. The van der Waals surface area contributed by atoms with Crippen molar-refractivity contribution in [3.05, 3.63) is 23.8 Å². The molecule has 1 aliphatic carbocycles. The molecule has 1 saturated heterocycles. The summed E-state index contributed by atoms with van der Waals surface area (Å²) in [5, 5.41) is 14.1. The van der Waals surface area contributed by atoms with Gasteiger partial charge >= 0.3 is 0 Å². The van der Waals surface area contributed by atoms with Gasteiger partial charge in [-0.15, -0.1) is 0 Å². The molecule has 182 valence electrons. The van der Waals surface area contributed by atoms with Crippen LogP contribution in [0.5, 0.6) is 11.5 Å². The number of rotatable bonds is 12. The zero-order chi connectivity index (χ0) is 22.8. The smallest absolute Gasteiger partial charge is 0.161 e. The lowest BCUT2D eigenvalue weighted by molar-refractivity contribution is 0.0553. The fourth-order valence-electron chi connectivity index (χ4n) is 5.07. The lowest BCUT2D eigenvalue weighted by Gasteiger charge is -2.32. The Labute approximate surface area is 195 Å². The number of piperidine rings is 1. The van der Waals surface area contributed by atoms with Crippen LogP contribution in [0.25, 0.3) is 0 Å². The Hall–Kier alpha value is -1.34.